The number of methoxy groups -OCH3 is 1. The highest BCUT2D eigenvalue weighted by Crippen LogP contribution is 2.25. The highest BCUT2D eigenvalue weighted by atomic mass is 32.2. The molecule has 0 bridgehead atoms. The molecule has 0 radical (unpaired) electrons. The third-order valence-electron chi connectivity index (χ3n) is 3.15. The summed E-state index contributed by atoms with van der Waals surface area (Å²) in [6, 6.07) is 1.18. The predicted octanol–water partition coefficient (Wildman–Crippen LogP) is 0.980. The van der Waals surface area contributed by atoms with E-state index in [0.29, 0.717) is 6.54 Å². The summed E-state index contributed by atoms with van der Waals surface area (Å²) in [6.07, 6.45) is 0. The molecule has 0 saturated heterocycles. The van der Waals surface area contributed by atoms with Gasteiger partial charge in [0.2, 0.25) is 15.8 Å². The number of carbonyl (C=O) groups is 1. The zero-order valence-electron chi connectivity index (χ0n) is 13.0. The number of carbonyl (C=O) groups excluding carboxylic acids is 1. The molecule has 0 spiro atoms. The molecule has 0 amide bonds. The van der Waals surface area contributed by atoms with Gasteiger partial charge in [-0.2, -0.15) is 0 Å². The van der Waals surface area contributed by atoms with Gasteiger partial charge in [-0.3, -0.25) is 0 Å². The van der Waals surface area contributed by atoms with Crippen molar-refractivity contribution in [2.45, 2.75) is 25.7 Å². The van der Waals surface area contributed by atoms with Gasteiger partial charge in [0, 0.05) is 19.7 Å². The molecule has 0 saturated carbocycles. The minimum atomic E-state index is -3.76. The monoisotopic (exact) mass is 318 g/mol. The highest BCUT2D eigenvalue weighted by molar-refractivity contribution is 7.89. The molecule has 0 fully saturated rings. The summed E-state index contributed by atoms with van der Waals surface area (Å²) < 4.78 is 36.0. The van der Waals surface area contributed by atoms with Crippen LogP contribution in [0.3, 0.4) is 0 Å². The van der Waals surface area contributed by atoms with E-state index in [4.69, 9.17) is 10.2 Å². The lowest BCUT2D eigenvalue weighted by Gasteiger charge is -2.28. The van der Waals surface area contributed by atoms with Gasteiger partial charge in [0.1, 0.15) is 10.7 Å². The number of nitrogens with two attached hydrogens (primary N) is 1. The molecule has 7 nitrogen and oxygen atoms in total. The van der Waals surface area contributed by atoms with E-state index in [1.165, 1.54) is 31.5 Å². The maximum atomic E-state index is 12.5. The quantitative estimate of drug-likeness (QED) is 0.784. The van der Waals surface area contributed by atoms with Gasteiger partial charge >= 0.3 is 5.97 Å². The van der Waals surface area contributed by atoms with Crippen molar-refractivity contribution in [3.8, 4) is 0 Å². The normalized spacial score (nSPS) is 12.7. The van der Waals surface area contributed by atoms with Gasteiger partial charge in [-0.15, -0.1) is 0 Å². The summed E-state index contributed by atoms with van der Waals surface area (Å²) in [6.45, 7) is 5.85. The van der Waals surface area contributed by atoms with E-state index < -0.39 is 16.0 Å². The lowest BCUT2D eigenvalue weighted by atomic mass is 9.94. The maximum absolute atomic E-state index is 12.5. The van der Waals surface area contributed by atoms with Crippen molar-refractivity contribution < 1.29 is 22.4 Å². The number of hydrogen-bond acceptors (Lipinski definition) is 6. The Kier molecular flexibility index (Phi) is 5.19. The van der Waals surface area contributed by atoms with E-state index in [2.05, 4.69) is 4.74 Å². The fourth-order valence-electron chi connectivity index (χ4n) is 1.84. The lowest BCUT2D eigenvalue weighted by molar-refractivity contribution is 0.0563. The van der Waals surface area contributed by atoms with Crippen molar-refractivity contribution in [2.75, 3.05) is 27.2 Å². The van der Waals surface area contributed by atoms with E-state index in [1.54, 1.807) is 0 Å². The first-order valence-corrected chi connectivity index (χ1v) is 7.84. The smallest absolute Gasteiger partial charge is 0.373 e. The SMILES string of the molecule is COC(=O)c1cc(S(=O)(=O)N(C)CC(C)(C)CN)c(C)o1. The van der Waals surface area contributed by atoms with Gasteiger partial charge < -0.3 is 14.9 Å². The van der Waals surface area contributed by atoms with E-state index in [1.807, 2.05) is 13.8 Å². The van der Waals surface area contributed by atoms with Crippen molar-refractivity contribution in [3.63, 3.8) is 0 Å². The Labute approximate surface area is 125 Å². The standard InChI is InChI=1S/C13H22N2O5S/c1-9-11(6-10(20-9)12(16)19-5)21(17,18)15(4)8-13(2,3)7-14/h6H,7-8,14H2,1-5H3. The average Bonchev–Trinajstić information content (AvgIpc) is 2.80. The second-order valence-corrected chi connectivity index (χ2v) is 7.67. The largest absolute Gasteiger partial charge is 0.463 e. The van der Waals surface area contributed by atoms with Crippen molar-refractivity contribution in [1.82, 2.24) is 4.31 Å². The molecule has 1 aromatic rings. The minimum Gasteiger partial charge on any atom is -0.463 e. The molecule has 0 aliphatic rings. The van der Waals surface area contributed by atoms with Gasteiger partial charge in [0.25, 0.3) is 0 Å². The molecular weight excluding hydrogens is 296 g/mol. The second-order valence-electron chi connectivity index (χ2n) is 5.65. The average molecular weight is 318 g/mol. The fraction of sp³-hybridized carbons (Fsp3) is 0.615. The lowest BCUT2D eigenvalue weighted by Crippen LogP contribution is -2.39. The fourth-order valence-corrected chi connectivity index (χ4v) is 3.36. The van der Waals surface area contributed by atoms with Crippen molar-refractivity contribution >= 4 is 16.0 Å². The number of sulfonamides is 1. The zero-order valence-corrected chi connectivity index (χ0v) is 13.8. The third-order valence-corrected chi connectivity index (χ3v) is 5.06. The Morgan fingerprint density at radius 2 is 2.05 bits per heavy atom. The number of furan rings is 1. The summed E-state index contributed by atoms with van der Waals surface area (Å²) in [5.41, 5.74) is 5.27. The molecule has 1 heterocycles. The van der Waals surface area contributed by atoms with E-state index in [0.717, 1.165) is 0 Å². The van der Waals surface area contributed by atoms with Crippen LogP contribution in [0, 0.1) is 12.3 Å². The highest BCUT2D eigenvalue weighted by Gasteiger charge is 2.31. The van der Waals surface area contributed by atoms with Crippen LogP contribution >= 0.6 is 0 Å². The van der Waals surface area contributed by atoms with Gasteiger partial charge in [-0.1, -0.05) is 13.8 Å². The first-order valence-electron chi connectivity index (χ1n) is 6.40. The molecule has 1 aromatic heterocycles. The molecule has 0 atom stereocenters. The molecular formula is C13H22N2O5S. The van der Waals surface area contributed by atoms with Gasteiger partial charge in [-0.25, -0.2) is 17.5 Å². The summed E-state index contributed by atoms with van der Waals surface area (Å²) in [4.78, 5) is 11.4. The minimum absolute atomic E-state index is 0.0433. The van der Waals surface area contributed by atoms with Crippen LogP contribution in [0.4, 0.5) is 0 Å². The van der Waals surface area contributed by atoms with Gasteiger partial charge in [0.15, 0.2) is 0 Å². The van der Waals surface area contributed by atoms with Crippen molar-refractivity contribution in [2.24, 2.45) is 11.1 Å². The first-order chi connectivity index (χ1) is 9.55. The first kappa shape index (κ1) is 17.7. The van der Waals surface area contributed by atoms with E-state index >= 15 is 0 Å². The Morgan fingerprint density at radius 3 is 2.52 bits per heavy atom. The molecule has 2 N–H and O–H groups in total. The molecule has 0 aliphatic heterocycles. The van der Waals surface area contributed by atoms with Crippen LogP contribution in [-0.4, -0.2) is 45.9 Å². The summed E-state index contributed by atoms with van der Waals surface area (Å²) in [7, 11) is -1.09. The summed E-state index contributed by atoms with van der Waals surface area (Å²) in [5.74, 6) is -0.711. The van der Waals surface area contributed by atoms with Crippen LogP contribution in [0.15, 0.2) is 15.4 Å². The molecule has 0 aromatic carbocycles. The Bertz CT molecular complexity index is 619. The van der Waals surface area contributed by atoms with Crippen LogP contribution in [0.1, 0.15) is 30.2 Å². The number of nitrogens with zero attached hydrogens (tertiary/aromatic N) is 1. The number of rotatable bonds is 6. The molecule has 21 heavy (non-hydrogen) atoms. The third kappa shape index (κ3) is 3.84. The Hall–Kier alpha value is -1.38. The van der Waals surface area contributed by atoms with E-state index in [9.17, 15) is 13.2 Å². The Balaban J connectivity index is 3.14. The number of aryl methyl sites for hydroxylation is 1. The summed E-state index contributed by atoms with van der Waals surface area (Å²) >= 11 is 0. The zero-order chi connectivity index (χ0) is 16.4. The predicted molar refractivity (Wildman–Crippen MR) is 77.4 cm³/mol. The van der Waals surface area contributed by atoms with Crippen LogP contribution in [0.5, 0.6) is 0 Å². The Morgan fingerprint density at radius 1 is 1.48 bits per heavy atom. The van der Waals surface area contributed by atoms with Crippen molar-refractivity contribution in [1.29, 1.82) is 0 Å². The number of ether oxygens (including phenoxy) is 1. The maximum Gasteiger partial charge on any atom is 0.373 e. The van der Waals surface area contributed by atoms with Crippen LogP contribution in [0.25, 0.3) is 0 Å². The number of hydrogen-bond donors (Lipinski definition) is 1. The topological polar surface area (TPSA) is 103 Å². The van der Waals surface area contributed by atoms with Crippen LogP contribution in [-0.2, 0) is 14.8 Å². The van der Waals surface area contributed by atoms with Gasteiger partial charge in [-0.05, 0) is 18.9 Å². The van der Waals surface area contributed by atoms with Gasteiger partial charge in [0.05, 0.1) is 7.11 Å². The molecule has 0 aliphatic carbocycles. The van der Waals surface area contributed by atoms with E-state index in [-0.39, 0.29) is 28.4 Å². The molecule has 8 heteroatoms. The molecule has 1 rings (SSSR count). The molecule has 0 unspecified atom stereocenters. The number of esters is 1. The van der Waals surface area contributed by atoms with Crippen LogP contribution < -0.4 is 5.73 Å². The molecule has 120 valence electrons. The van der Waals surface area contributed by atoms with Crippen molar-refractivity contribution in [3.05, 3.63) is 17.6 Å². The summed E-state index contributed by atoms with van der Waals surface area (Å²) in [5, 5.41) is 0. The van der Waals surface area contributed by atoms with Crippen LogP contribution in [0.2, 0.25) is 0 Å². The second kappa shape index (κ2) is 6.17.